The second-order valence-corrected chi connectivity index (χ2v) is 5.30. The lowest BCUT2D eigenvalue weighted by molar-refractivity contribution is 0.481. The van der Waals surface area contributed by atoms with E-state index in [-0.39, 0.29) is 5.84 Å². The van der Waals surface area contributed by atoms with E-state index >= 15 is 0 Å². The van der Waals surface area contributed by atoms with Gasteiger partial charge in [0.15, 0.2) is 0 Å². The highest BCUT2D eigenvalue weighted by atomic mass is 79.9. The van der Waals surface area contributed by atoms with Gasteiger partial charge in [0.05, 0.1) is 10.6 Å². The number of aryl methyl sites for hydroxylation is 1. The zero-order chi connectivity index (χ0) is 14.0. The summed E-state index contributed by atoms with van der Waals surface area (Å²) >= 11 is 9.47. The molecule has 0 heterocycles. The van der Waals surface area contributed by atoms with Gasteiger partial charge in [-0.15, -0.1) is 0 Å². The van der Waals surface area contributed by atoms with Crippen molar-refractivity contribution in [2.45, 2.75) is 6.92 Å². The molecule has 0 fully saturated rings. The number of hydrogen-bond donors (Lipinski definition) is 2. The fraction of sp³-hybridized carbons (Fsp3) is 0.0714. The predicted octanol–water partition coefficient (Wildman–Crippen LogP) is 4.49. The Kier molecular flexibility index (Phi) is 4.12. The summed E-state index contributed by atoms with van der Waals surface area (Å²) in [7, 11) is 0. The van der Waals surface area contributed by atoms with E-state index in [1.807, 2.05) is 25.1 Å². The second-order valence-electron chi connectivity index (χ2n) is 4.04. The lowest BCUT2D eigenvalue weighted by Crippen LogP contribution is -2.13. The van der Waals surface area contributed by atoms with Crippen LogP contribution in [0, 0.1) is 12.3 Å². The lowest BCUT2D eigenvalue weighted by Gasteiger charge is -2.12. The van der Waals surface area contributed by atoms with Crippen LogP contribution in [0.4, 0.5) is 0 Å². The molecule has 0 bridgehead atoms. The zero-order valence-electron chi connectivity index (χ0n) is 10.2. The largest absolute Gasteiger partial charge is 0.457 e. The predicted molar refractivity (Wildman–Crippen MR) is 81.4 cm³/mol. The van der Waals surface area contributed by atoms with Gasteiger partial charge in [-0.3, -0.25) is 5.41 Å². The maximum Gasteiger partial charge on any atom is 0.139 e. The molecular weight excluding hydrogens is 328 g/mol. The third kappa shape index (κ3) is 3.08. The number of ether oxygens (including phenoxy) is 1. The second kappa shape index (κ2) is 5.63. The minimum absolute atomic E-state index is 0.116. The molecule has 0 spiro atoms. The van der Waals surface area contributed by atoms with Crippen LogP contribution in [0.2, 0.25) is 5.02 Å². The molecule has 2 rings (SSSR count). The van der Waals surface area contributed by atoms with Crippen LogP contribution in [0.15, 0.2) is 40.9 Å². The van der Waals surface area contributed by atoms with Crippen LogP contribution in [-0.2, 0) is 0 Å². The van der Waals surface area contributed by atoms with E-state index in [0.29, 0.717) is 22.1 Å². The van der Waals surface area contributed by atoms with Crippen molar-refractivity contribution < 1.29 is 4.74 Å². The Morgan fingerprint density at radius 2 is 2.05 bits per heavy atom. The van der Waals surface area contributed by atoms with Gasteiger partial charge in [-0.1, -0.05) is 33.6 Å². The van der Waals surface area contributed by atoms with Crippen LogP contribution >= 0.6 is 27.5 Å². The van der Waals surface area contributed by atoms with Crippen LogP contribution in [0.25, 0.3) is 0 Å². The highest BCUT2D eigenvalue weighted by Gasteiger charge is 2.12. The van der Waals surface area contributed by atoms with E-state index in [2.05, 4.69) is 15.9 Å². The highest BCUT2D eigenvalue weighted by Crippen LogP contribution is 2.31. The van der Waals surface area contributed by atoms with Crippen molar-refractivity contribution in [1.29, 1.82) is 5.41 Å². The van der Waals surface area contributed by atoms with Crippen molar-refractivity contribution in [3.8, 4) is 11.5 Å². The Morgan fingerprint density at radius 3 is 2.68 bits per heavy atom. The Hall–Kier alpha value is -1.52. The number of rotatable bonds is 3. The molecule has 0 saturated heterocycles. The van der Waals surface area contributed by atoms with Gasteiger partial charge >= 0.3 is 0 Å². The van der Waals surface area contributed by atoms with Crippen LogP contribution < -0.4 is 10.5 Å². The SMILES string of the molecule is Cc1cc(Oc2cccc(Cl)c2C(=N)N)ccc1Br. The smallest absolute Gasteiger partial charge is 0.139 e. The molecule has 3 nitrogen and oxygen atoms in total. The Balaban J connectivity index is 2.40. The molecule has 0 unspecified atom stereocenters. The molecule has 0 aliphatic rings. The number of benzene rings is 2. The first-order valence-corrected chi connectivity index (χ1v) is 6.73. The third-order valence-corrected chi connectivity index (χ3v) is 3.81. The zero-order valence-corrected chi connectivity index (χ0v) is 12.5. The van der Waals surface area contributed by atoms with E-state index < -0.39 is 0 Å². The number of nitrogens with one attached hydrogen (secondary N) is 1. The van der Waals surface area contributed by atoms with Gasteiger partial charge in [-0.05, 0) is 42.8 Å². The fourth-order valence-electron chi connectivity index (χ4n) is 1.66. The van der Waals surface area contributed by atoms with E-state index in [4.69, 9.17) is 27.5 Å². The standard InChI is InChI=1S/C14H12BrClN2O/c1-8-7-9(5-6-10(8)15)19-12-4-2-3-11(16)13(12)14(17)18/h2-7H,1H3,(H3,17,18). The number of hydrogen-bond acceptors (Lipinski definition) is 2. The van der Waals surface area contributed by atoms with Crippen molar-refractivity contribution >= 4 is 33.4 Å². The molecule has 19 heavy (non-hydrogen) atoms. The Morgan fingerprint density at radius 1 is 1.32 bits per heavy atom. The average Bonchev–Trinajstić information content (AvgIpc) is 2.33. The third-order valence-electron chi connectivity index (χ3n) is 2.60. The van der Waals surface area contributed by atoms with Crippen molar-refractivity contribution in [3.63, 3.8) is 0 Å². The molecule has 0 atom stereocenters. The molecule has 0 saturated carbocycles. The first-order chi connectivity index (χ1) is 8.99. The number of amidine groups is 1. The van der Waals surface area contributed by atoms with E-state index in [0.717, 1.165) is 10.0 Å². The maximum atomic E-state index is 7.57. The summed E-state index contributed by atoms with van der Waals surface area (Å²) in [5.41, 5.74) is 7.00. The molecule has 0 aliphatic heterocycles. The number of halogens is 2. The summed E-state index contributed by atoms with van der Waals surface area (Å²) < 4.78 is 6.77. The summed E-state index contributed by atoms with van der Waals surface area (Å²) in [5.74, 6) is 1.03. The van der Waals surface area contributed by atoms with Gasteiger partial charge in [-0.2, -0.15) is 0 Å². The molecule has 0 aromatic heterocycles. The monoisotopic (exact) mass is 338 g/mol. The van der Waals surface area contributed by atoms with Gasteiger partial charge < -0.3 is 10.5 Å². The van der Waals surface area contributed by atoms with Crippen molar-refractivity contribution in [3.05, 3.63) is 57.0 Å². The van der Waals surface area contributed by atoms with Crippen molar-refractivity contribution in [1.82, 2.24) is 0 Å². The Labute approximate surface area is 125 Å². The van der Waals surface area contributed by atoms with E-state index in [1.54, 1.807) is 18.2 Å². The molecule has 0 amide bonds. The summed E-state index contributed by atoms with van der Waals surface area (Å²) in [5, 5.41) is 7.97. The quantitative estimate of drug-likeness (QED) is 0.639. The first-order valence-electron chi connectivity index (χ1n) is 5.56. The highest BCUT2D eigenvalue weighted by molar-refractivity contribution is 9.10. The molecule has 98 valence electrons. The van der Waals surface area contributed by atoms with Crippen LogP contribution in [0.5, 0.6) is 11.5 Å². The summed E-state index contributed by atoms with van der Waals surface area (Å²) in [6, 6.07) is 10.8. The van der Waals surface area contributed by atoms with Crippen LogP contribution in [0.1, 0.15) is 11.1 Å². The molecule has 0 aliphatic carbocycles. The molecule has 2 aromatic rings. The van der Waals surface area contributed by atoms with Crippen LogP contribution in [-0.4, -0.2) is 5.84 Å². The molecule has 3 N–H and O–H groups in total. The number of nitrogen functional groups attached to an aromatic ring is 1. The fourth-order valence-corrected chi connectivity index (χ4v) is 2.17. The van der Waals surface area contributed by atoms with Crippen LogP contribution in [0.3, 0.4) is 0 Å². The number of nitrogens with two attached hydrogens (primary N) is 1. The molecule has 2 aromatic carbocycles. The van der Waals surface area contributed by atoms with Gasteiger partial charge in [0.1, 0.15) is 17.3 Å². The van der Waals surface area contributed by atoms with E-state index in [9.17, 15) is 0 Å². The summed E-state index contributed by atoms with van der Waals surface area (Å²) in [6.07, 6.45) is 0. The van der Waals surface area contributed by atoms with E-state index in [1.165, 1.54) is 0 Å². The van der Waals surface area contributed by atoms with Gasteiger partial charge in [0.25, 0.3) is 0 Å². The minimum Gasteiger partial charge on any atom is -0.457 e. The summed E-state index contributed by atoms with van der Waals surface area (Å²) in [6.45, 7) is 1.97. The summed E-state index contributed by atoms with van der Waals surface area (Å²) in [4.78, 5) is 0. The topological polar surface area (TPSA) is 59.1 Å². The van der Waals surface area contributed by atoms with Gasteiger partial charge in [0, 0.05) is 4.47 Å². The van der Waals surface area contributed by atoms with Crippen molar-refractivity contribution in [2.75, 3.05) is 0 Å². The Bertz CT molecular complexity index is 643. The minimum atomic E-state index is -0.116. The normalized spacial score (nSPS) is 10.3. The average molecular weight is 340 g/mol. The maximum absolute atomic E-state index is 7.57. The van der Waals surface area contributed by atoms with Gasteiger partial charge in [-0.25, -0.2) is 0 Å². The van der Waals surface area contributed by atoms with Crippen molar-refractivity contribution in [2.24, 2.45) is 5.73 Å². The molecule has 0 radical (unpaired) electrons. The van der Waals surface area contributed by atoms with Gasteiger partial charge in [0.2, 0.25) is 0 Å². The lowest BCUT2D eigenvalue weighted by atomic mass is 10.2. The molecule has 5 heteroatoms. The first kappa shape index (κ1) is 13.9. The molecular formula is C14H12BrClN2O.